The molecule has 1 heterocycles. The normalized spacial score (nSPS) is 10.4. The first-order valence-electron chi connectivity index (χ1n) is 9.99. The molecule has 0 radical (unpaired) electrons. The number of amides is 2. The number of ether oxygens (including phenoxy) is 3. The number of methoxy groups -OCH3 is 1. The molecule has 0 saturated heterocycles. The molecule has 9 heteroatoms. The van der Waals surface area contributed by atoms with Gasteiger partial charge >= 0.3 is 0 Å². The number of rotatable bonds is 8. The molecule has 0 aliphatic heterocycles. The SMILES string of the molecule is CCOc1ccc(C(=O)NNC(=O)c2ccccc2OCc2c(C)noc2C)cc1OC. The topological polar surface area (TPSA) is 112 Å². The van der Waals surface area contributed by atoms with Gasteiger partial charge in [0, 0.05) is 5.56 Å². The zero-order valence-corrected chi connectivity index (χ0v) is 18.4. The molecule has 3 rings (SSSR count). The van der Waals surface area contributed by atoms with Gasteiger partial charge in [-0.15, -0.1) is 0 Å². The highest BCUT2D eigenvalue weighted by Crippen LogP contribution is 2.28. The van der Waals surface area contributed by atoms with Crippen molar-refractivity contribution in [3.8, 4) is 17.2 Å². The summed E-state index contributed by atoms with van der Waals surface area (Å²) >= 11 is 0. The Labute approximate surface area is 185 Å². The maximum Gasteiger partial charge on any atom is 0.273 e. The van der Waals surface area contributed by atoms with Crippen LogP contribution >= 0.6 is 0 Å². The van der Waals surface area contributed by atoms with Gasteiger partial charge in [-0.3, -0.25) is 20.4 Å². The van der Waals surface area contributed by atoms with Crippen LogP contribution < -0.4 is 25.1 Å². The van der Waals surface area contributed by atoms with E-state index in [0.29, 0.717) is 35.2 Å². The second-order valence-electron chi connectivity index (χ2n) is 6.79. The number of carbonyl (C=O) groups is 2. The molecule has 0 aliphatic carbocycles. The molecule has 0 saturated carbocycles. The number of aryl methyl sites for hydroxylation is 2. The third kappa shape index (κ3) is 5.18. The summed E-state index contributed by atoms with van der Waals surface area (Å²) in [5.74, 6) is 0.938. The zero-order valence-electron chi connectivity index (χ0n) is 18.4. The van der Waals surface area contributed by atoms with Crippen molar-refractivity contribution in [1.82, 2.24) is 16.0 Å². The zero-order chi connectivity index (χ0) is 23.1. The summed E-state index contributed by atoms with van der Waals surface area (Å²) in [6.07, 6.45) is 0. The lowest BCUT2D eigenvalue weighted by Crippen LogP contribution is -2.41. The average molecular weight is 439 g/mol. The van der Waals surface area contributed by atoms with Crippen LogP contribution in [0.2, 0.25) is 0 Å². The van der Waals surface area contributed by atoms with Crippen LogP contribution in [0.25, 0.3) is 0 Å². The molecule has 2 amide bonds. The van der Waals surface area contributed by atoms with E-state index in [9.17, 15) is 9.59 Å². The molecule has 0 aliphatic rings. The Bertz CT molecular complexity index is 1090. The van der Waals surface area contributed by atoms with Gasteiger partial charge in [0.2, 0.25) is 0 Å². The molecule has 0 fully saturated rings. The minimum absolute atomic E-state index is 0.198. The number of benzene rings is 2. The molecule has 1 aromatic heterocycles. The van der Waals surface area contributed by atoms with Gasteiger partial charge < -0.3 is 18.7 Å². The molecule has 0 unspecified atom stereocenters. The Hall–Kier alpha value is -4.01. The molecule has 0 atom stereocenters. The molecule has 2 N–H and O–H groups in total. The number of carbonyl (C=O) groups excluding carboxylic acids is 2. The van der Waals surface area contributed by atoms with Gasteiger partial charge in [0.15, 0.2) is 11.5 Å². The third-order valence-corrected chi connectivity index (χ3v) is 4.70. The highest BCUT2D eigenvalue weighted by Gasteiger charge is 2.16. The van der Waals surface area contributed by atoms with Gasteiger partial charge in [0.25, 0.3) is 11.8 Å². The molecule has 168 valence electrons. The summed E-state index contributed by atoms with van der Waals surface area (Å²) in [6, 6.07) is 11.5. The Balaban J connectivity index is 1.66. The van der Waals surface area contributed by atoms with E-state index in [4.69, 9.17) is 18.7 Å². The highest BCUT2D eigenvalue weighted by molar-refractivity contribution is 6.00. The fourth-order valence-corrected chi connectivity index (χ4v) is 2.97. The van der Waals surface area contributed by atoms with Crippen LogP contribution in [0.4, 0.5) is 0 Å². The molecular weight excluding hydrogens is 414 g/mol. The van der Waals surface area contributed by atoms with Gasteiger partial charge in [-0.05, 0) is 51.1 Å². The van der Waals surface area contributed by atoms with E-state index in [1.807, 2.05) is 13.8 Å². The first-order chi connectivity index (χ1) is 15.4. The predicted molar refractivity (Wildman–Crippen MR) is 116 cm³/mol. The largest absolute Gasteiger partial charge is 0.493 e. The second-order valence-corrected chi connectivity index (χ2v) is 6.79. The van der Waals surface area contributed by atoms with E-state index in [-0.39, 0.29) is 12.2 Å². The second kappa shape index (κ2) is 10.3. The summed E-state index contributed by atoms with van der Waals surface area (Å²) in [5, 5.41) is 3.89. The standard InChI is InChI=1S/C23H25N3O6/c1-5-30-20-11-10-16(12-21(20)29-4)22(27)24-25-23(28)17-8-6-7-9-19(17)31-13-18-14(2)26-32-15(18)3/h6-12H,5,13H2,1-4H3,(H,24,27)(H,25,28). The van der Waals surface area contributed by atoms with Crippen molar-refractivity contribution >= 4 is 11.8 Å². The number of nitrogens with zero attached hydrogens (tertiary/aromatic N) is 1. The van der Waals surface area contributed by atoms with Crippen LogP contribution in [0, 0.1) is 13.8 Å². The van der Waals surface area contributed by atoms with Crippen molar-refractivity contribution in [1.29, 1.82) is 0 Å². The van der Waals surface area contributed by atoms with Crippen molar-refractivity contribution in [2.45, 2.75) is 27.4 Å². The number of aromatic nitrogens is 1. The van der Waals surface area contributed by atoms with Crippen molar-refractivity contribution in [3.05, 3.63) is 70.6 Å². The summed E-state index contributed by atoms with van der Waals surface area (Å²) in [7, 11) is 1.49. The summed E-state index contributed by atoms with van der Waals surface area (Å²) in [5.41, 5.74) is 6.92. The van der Waals surface area contributed by atoms with Crippen LogP contribution in [0.5, 0.6) is 17.2 Å². The minimum Gasteiger partial charge on any atom is -0.493 e. The maximum absolute atomic E-state index is 12.7. The Morgan fingerprint density at radius 3 is 2.41 bits per heavy atom. The highest BCUT2D eigenvalue weighted by atomic mass is 16.5. The predicted octanol–water partition coefficient (Wildman–Crippen LogP) is 3.35. The first kappa shape index (κ1) is 22.7. The van der Waals surface area contributed by atoms with E-state index >= 15 is 0 Å². The molecule has 9 nitrogen and oxygen atoms in total. The fourth-order valence-electron chi connectivity index (χ4n) is 2.97. The first-order valence-corrected chi connectivity index (χ1v) is 9.99. The molecule has 0 spiro atoms. The third-order valence-electron chi connectivity index (χ3n) is 4.70. The van der Waals surface area contributed by atoms with E-state index < -0.39 is 11.8 Å². The van der Waals surface area contributed by atoms with E-state index in [1.54, 1.807) is 43.3 Å². The van der Waals surface area contributed by atoms with E-state index in [0.717, 1.165) is 11.3 Å². The Kier molecular flexibility index (Phi) is 7.33. The van der Waals surface area contributed by atoms with Gasteiger partial charge in [0.05, 0.1) is 30.5 Å². The van der Waals surface area contributed by atoms with Gasteiger partial charge in [-0.25, -0.2) is 0 Å². The van der Waals surface area contributed by atoms with Gasteiger partial charge in [0.1, 0.15) is 18.1 Å². The molecule has 0 bridgehead atoms. The number of nitrogens with one attached hydrogen (secondary N) is 2. The molecule has 2 aromatic carbocycles. The lowest BCUT2D eigenvalue weighted by molar-refractivity contribution is 0.0844. The average Bonchev–Trinajstić information content (AvgIpc) is 3.13. The van der Waals surface area contributed by atoms with Gasteiger partial charge in [-0.2, -0.15) is 0 Å². The van der Waals surface area contributed by atoms with Crippen molar-refractivity contribution in [2.75, 3.05) is 13.7 Å². The van der Waals surface area contributed by atoms with Crippen LogP contribution in [0.3, 0.4) is 0 Å². The molecule has 32 heavy (non-hydrogen) atoms. The van der Waals surface area contributed by atoms with Crippen LogP contribution in [0.1, 0.15) is 44.7 Å². The van der Waals surface area contributed by atoms with Crippen molar-refractivity contribution in [3.63, 3.8) is 0 Å². The Morgan fingerprint density at radius 2 is 1.72 bits per heavy atom. The van der Waals surface area contributed by atoms with Gasteiger partial charge in [-0.1, -0.05) is 17.3 Å². The number of hydrogen-bond donors (Lipinski definition) is 2. The monoisotopic (exact) mass is 439 g/mol. The number of hydrazine groups is 1. The van der Waals surface area contributed by atoms with Crippen LogP contribution in [-0.4, -0.2) is 30.7 Å². The lowest BCUT2D eigenvalue weighted by atomic mass is 10.2. The fraction of sp³-hybridized carbons (Fsp3) is 0.261. The summed E-state index contributed by atoms with van der Waals surface area (Å²) < 4.78 is 21.7. The number of hydrogen-bond acceptors (Lipinski definition) is 7. The summed E-state index contributed by atoms with van der Waals surface area (Å²) in [6.45, 7) is 6.13. The quantitative estimate of drug-likeness (QED) is 0.518. The van der Waals surface area contributed by atoms with Crippen LogP contribution in [0.15, 0.2) is 47.0 Å². The Morgan fingerprint density at radius 1 is 0.969 bits per heavy atom. The smallest absolute Gasteiger partial charge is 0.273 e. The molecular formula is C23H25N3O6. The van der Waals surface area contributed by atoms with Crippen molar-refractivity contribution in [2.24, 2.45) is 0 Å². The summed E-state index contributed by atoms with van der Waals surface area (Å²) in [4.78, 5) is 25.2. The van der Waals surface area contributed by atoms with Crippen molar-refractivity contribution < 1.29 is 28.3 Å². The van der Waals surface area contributed by atoms with E-state index in [2.05, 4.69) is 16.0 Å². The van der Waals surface area contributed by atoms with E-state index in [1.165, 1.54) is 13.2 Å². The van der Waals surface area contributed by atoms with Crippen LogP contribution in [-0.2, 0) is 6.61 Å². The molecule has 3 aromatic rings. The maximum atomic E-state index is 12.7. The number of para-hydroxylation sites is 1. The minimum atomic E-state index is -0.523. The lowest BCUT2D eigenvalue weighted by Gasteiger charge is -2.13.